The summed E-state index contributed by atoms with van der Waals surface area (Å²) < 4.78 is 13.1. The van der Waals surface area contributed by atoms with E-state index in [1.165, 1.54) is 24.3 Å². The van der Waals surface area contributed by atoms with Crippen LogP contribution in [0.15, 0.2) is 72.8 Å². The lowest BCUT2D eigenvalue weighted by molar-refractivity contribution is -0.122. The van der Waals surface area contributed by atoms with Crippen molar-refractivity contribution in [2.24, 2.45) is 0 Å². The van der Waals surface area contributed by atoms with Crippen LogP contribution in [0.25, 0.3) is 0 Å². The quantitative estimate of drug-likeness (QED) is 0.656. The Balaban J connectivity index is 1.37. The summed E-state index contributed by atoms with van der Waals surface area (Å²) in [7, 11) is 0. The Kier molecular flexibility index (Phi) is 5.38. The van der Waals surface area contributed by atoms with E-state index in [9.17, 15) is 18.8 Å². The SMILES string of the molecule is O=C(Nc1ccc(F)cc1)c1ccc(CN2C(=O)[C@H]3CCCN3C(=O)c3ccccc32)cc1. The summed E-state index contributed by atoms with van der Waals surface area (Å²) in [5.41, 5.74) is 2.94. The van der Waals surface area contributed by atoms with E-state index < -0.39 is 6.04 Å². The molecule has 0 aliphatic carbocycles. The first-order valence-corrected chi connectivity index (χ1v) is 10.9. The van der Waals surface area contributed by atoms with Gasteiger partial charge < -0.3 is 15.1 Å². The summed E-state index contributed by atoms with van der Waals surface area (Å²) in [4.78, 5) is 42.3. The number of carbonyl (C=O) groups is 3. The number of hydrogen-bond acceptors (Lipinski definition) is 3. The van der Waals surface area contributed by atoms with Gasteiger partial charge in [-0.3, -0.25) is 14.4 Å². The maximum Gasteiger partial charge on any atom is 0.256 e. The van der Waals surface area contributed by atoms with Gasteiger partial charge in [0.15, 0.2) is 0 Å². The van der Waals surface area contributed by atoms with Gasteiger partial charge in [0.2, 0.25) is 5.91 Å². The van der Waals surface area contributed by atoms with Gasteiger partial charge in [0.25, 0.3) is 11.8 Å². The highest BCUT2D eigenvalue weighted by Gasteiger charge is 2.41. The highest BCUT2D eigenvalue weighted by molar-refractivity contribution is 6.11. The molecule has 166 valence electrons. The highest BCUT2D eigenvalue weighted by atomic mass is 19.1. The number of halogens is 1. The lowest BCUT2D eigenvalue weighted by Gasteiger charge is -2.26. The standard InChI is InChI=1S/C26H22FN3O3/c27-19-11-13-20(14-12-19)28-24(31)18-9-7-17(8-10-18)16-30-22-5-2-1-4-21(22)25(32)29-15-3-6-23(29)26(30)33/h1-2,4-5,7-14,23H,3,6,15-16H2,(H,28,31)/t23-/m1/s1. The number of nitrogens with zero attached hydrogens (tertiary/aromatic N) is 2. The summed E-state index contributed by atoms with van der Waals surface area (Å²) in [5.74, 6) is -0.860. The Morgan fingerprint density at radius 1 is 0.970 bits per heavy atom. The predicted molar refractivity (Wildman–Crippen MR) is 122 cm³/mol. The van der Waals surface area contributed by atoms with Crippen molar-refractivity contribution in [3.05, 3.63) is 95.3 Å². The number of para-hydroxylation sites is 1. The fraction of sp³-hybridized carbons (Fsp3) is 0.192. The van der Waals surface area contributed by atoms with E-state index in [2.05, 4.69) is 5.32 Å². The van der Waals surface area contributed by atoms with Crippen LogP contribution < -0.4 is 10.2 Å². The second kappa shape index (κ2) is 8.50. The van der Waals surface area contributed by atoms with Gasteiger partial charge in [-0.15, -0.1) is 0 Å². The predicted octanol–water partition coefficient (Wildman–Crippen LogP) is 4.23. The molecule has 3 aromatic carbocycles. The molecule has 1 N–H and O–H groups in total. The normalized spacial score (nSPS) is 17.4. The number of carbonyl (C=O) groups excluding carboxylic acids is 3. The van der Waals surface area contributed by atoms with Crippen LogP contribution in [0.2, 0.25) is 0 Å². The van der Waals surface area contributed by atoms with Crippen LogP contribution in [-0.4, -0.2) is 35.2 Å². The molecule has 0 aromatic heterocycles. The van der Waals surface area contributed by atoms with E-state index in [-0.39, 0.29) is 23.5 Å². The molecule has 0 unspecified atom stereocenters. The Hall–Kier alpha value is -4.00. The Morgan fingerprint density at radius 3 is 2.45 bits per heavy atom. The van der Waals surface area contributed by atoms with Crippen LogP contribution in [-0.2, 0) is 11.3 Å². The molecule has 5 rings (SSSR count). The van der Waals surface area contributed by atoms with Gasteiger partial charge in [0.1, 0.15) is 11.9 Å². The van der Waals surface area contributed by atoms with Gasteiger partial charge >= 0.3 is 0 Å². The maximum atomic E-state index is 13.4. The zero-order valence-corrected chi connectivity index (χ0v) is 17.8. The third-order valence-corrected chi connectivity index (χ3v) is 6.15. The van der Waals surface area contributed by atoms with E-state index >= 15 is 0 Å². The summed E-state index contributed by atoms with van der Waals surface area (Å²) in [6.07, 6.45) is 1.48. The third kappa shape index (κ3) is 3.98. The maximum absolute atomic E-state index is 13.4. The molecule has 6 nitrogen and oxygen atoms in total. The van der Waals surface area contributed by atoms with Gasteiger partial charge in [-0.2, -0.15) is 0 Å². The molecule has 3 amide bonds. The van der Waals surface area contributed by atoms with Crippen molar-refractivity contribution in [1.82, 2.24) is 4.90 Å². The summed E-state index contributed by atoms with van der Waals surface area (Å²) in [6, 6.07) is 19.3. The third-order valence-electron chi connectivity index (χ3n) is 6.15. The Morgan fingerprint density at radius 2 is 1.70 bits per heavy atom. The molecule has 1 fully saturated rings. The lowest BCUT2D eigenvalue weighted by atomic mass is 10.1. The van der Waals surface area contributed by atoms with Gasteiger partial charge in [0.05, 0.1) is 17.8 Å². The smallest absolute Gasteiger partial charge is 0.256 e. The molecule has 0 spiro atoms. The molecule has 2 heterocycles. The molecule has 2 aliphatic rings. The minimum Gasteiger partial charge on any atom is -0.327 e. The van der Waals surface area contributed by atoms with Crippen molar-refractivity contribution in [3.8, 4) is 0 Å². The number of anilines is 2. The van der Waals surface area contributed by atoms with Gasteiger partial charge in [-0.1, -0.05) is 24.3 Å². The fourth-order valence-electron chi connectivity index (χ4n) is 4.45. The fourth-order valence-corrected chi connectivity index (χ4v) is 4.45. The van der Waals surface area contributed by atoms with E-state index in [1.54, 1.807) is 46.2 Å². The average molecular weight is 443 g/mol. The largest absolute Gasteiger partial charge is 0.327 e. The van der Waals surface area contributed by atoms with Crippen LogP contribution in [0.1, 0.15) is 39.1 Å². The number of hydrogen-bond donors (Lipinski definition) is 1. The first-order chi connectivity index (χ1) is 16.0. The molecule has 0 radical (unpaired) electrons. The molecule has 3 aromatic rings. The molecular formula is C26H22FN3O3. The number of nitrogens with one attached hydrogen (secondary N) is 1. The van der Waals surface area contributed by atoms with Crippen molar-refractivity contribution >= 4 is 29.1 Å². The number of rotatable bonds is 4. The van der Waals surface area contributed by atoms with Crippen molar-refractivity contribution in [2.45, 2.75) is 25.4 Å². The average Bonchev–Trinajstić information content (AvgIpc) is 3.31. The van der Waals surface area contributed by atoms with Crippen molar-refractivity contribution in [1.29, 1.82) is 0 Å². The molecule has 33 heavy (non-hydrogen) atoms. The van der Waals surface area contributed by atoms with E-state index in [1.807, 2.05) is 12.1 Å². The molecule has 2 aliphatic heterocycles. The zero-order valence-electron chi connectivity index (χ0n) is 17.8. The van der Waals surface area contributed by atoms with Crippen LogP contribution in [0.3, 0.4) is 0 Å². The summed E-state index contributed by atoms with van der Waals surface area (Å²) in [5, 5.41) is 2.73. The van der Waals surface area contributed by atoms with Crippen LogP contribution in [0.4, 0.5) is 15.8 Å². The minimum absolute atomic E-state index is 0.0797. The number of amides is 3. The monoisotopic (exact) mass is 443 g/mol. The zero-order chi connectivity index (χ0) is 22.9. The second-order valence-electron chi connectivity index (χ2n) is 8.26. The highest BCUT2D eigenvalue weighted by Crippen LogP contribution is 2.33. The van der Waals surface area contributed by atoms with Crippen molar-refractivity contribution in [3.63, 3.8) is 0 Å². The van der Waals surface area contributed by atoms with Gasteiger partial charge in [-0.05, 0) is 66.9 Å². The molecule has 1 saturated heterocycles. The number of fused-ring (bicyclic) bond motifs is 2. The lowest BCUT2D eigenvalue weighted by Crippen LogP contribution is -2.44. The van der Waals surface area contributed by atoms with Crippen molar-refractivity contribution in [2.75, 3.05) is 16.8 Å². The molecule has 1 atom stereocenters. The van der Waals surface area contributed by atoms with Crippen LogP contribution >= 0.6 is 0 Å². The van der Waals surface area contributed by atoms with E-state index in [0.717, 1.165) is 12.0 Å². The minimum atomic E-state index is -0.439. The van der Waals surface area contributed by atoms with Gasteiger partial charge in [-0.25, -0.2) is 4.39 Å². The van der Waals surface area contributed by atoms with Crippen LogP contribution in [0.5, 0.6) is 0 Å². The van der Waals surface area contributed by atoms with Crippen LogP contribution in [0, 0.1) is 5.82 Å². The Labute approximate surface area is 190 Å². The second-order valence-corrected chi connectivity index (χ2v) is 8.26. The van der Waals surface area contributed by atoms with Gasteiger partial charge in [0, 0.05) is 17.8 Å². The van der Waals surface area contributed by atoms with E-state index in [4.69, 9.17) is 0 Å². The molecular weight excluding hydrogens is 421 g/mol. The first kappa shape index (κ1) is 20.9. The Bertz CT molecular complexity index is 1220. The van der Waals surface area contributed by atoms with Crippen molar-refractivity contribution < 1.29 is 18.8 Å². The number of benzene rings is 3. The first-order valence-electron chi connectivity index (χ1n) is 10.9. The summed E-state index contributed by atoms with van der Waals surface area (Å²) >= 11 is 0. The summed E-state index contributed by atoms with van der Waals surface area (Å²) in [6.45, 7) is 0.891. The molecule has 0 bridgehead atoms. The molecule has 7 heteroatoms. The topological polar surface area (TPSA) is 69.7 Å². The van der Waals surface area contributed by atoms with E-state index in [0.29, 0.717) is 42.0 Å². The molecule has 0 saturated carbocycles.